The zero-order valence-electron chi connectivity index (χ0n) is 12.1. The number of hydrogen-bond donors (Lipinski definition) is 1. The molecule has 0 radical (unpaired) electrons. The summed E-state index contributed by atoms with van der Waals surface area (Å²) in [5.41, 5.74) is 1.44. The average Bonchev–Trinajstić information content (AvgIpc) is 2.40. The molecular weight excluding hydrogens is 220 g/mol. The number of hydrogen-bond acceptors (Lipinski definition) is 2. The number of hydrazine groups is 1. The van der Waals surface area contributed by atoms with Crippen molar-refractivity contribution in [3.8, 4) is 0 Å². The van der Waals surface area contributed by atoms with Crippen molar-refractivity contribution in [3.05, 3.63) is 35.9 Å². The van der Waals surface area contributed by atoms with Gasteiger partial charge in [0, 0.05) is 13.1 Å². The third kappa shape index (κ3) is 5.19. The van der Waals surface area contributed by atoms with Crippen molar-refractivity contribution >= 4 is 0 Å². The highest BCUT2D eigenvalue weighted by atomic mass is 15.4. The Morgan fingerprint density at radius 2 is 1.78 bits per heavy atom. The minimum absolute atomic E-state index is 0.634. The van der Waals surface area contributed by atoms with Crippen LogP contribution in [0.3, 0.4) is 0 Å². The number of benzene rings is 1. The molecule has 2 atom stereocenters. The van der Waals surface area contributed by atoms with Crippen LogP contribution in [0, 0.1) is 5.92 Å². The maximum atomic E-state index is 6.06. The van der Waals surface area contributed by atoms with E-state index in [2.05, 4.69) is 51.1 Å². The molecule has 0 aromatic heterocycles. The van der Waals surface area contributed by atoms with Crippen LogP contribution in [-0.2, 0) is 0 Å². The van der Waals surface area contributed by atoms with Crippen LogP contribution in [0.15, 0.2) is 30.3 Å². The fourth-order valence-corrected chi connectivity index (χ4v) is 2.27. The van der Waals surface area contributed by atoms with E-state index >= 15 is 0 Å². The van der Waals surface area contributed by atoms with Gasteiger partial charge >= 0.3 is 0 Å². The summed E-state index contributed by atoms with van der Waals surface area (Å²) in [6.45, 7) is 8.72. The van der Waals surface area contributed by atoms with Crippen LogP contribution in [0.2, 0.25) is 0 Å². The van der Waals surface area contributed by atoms with Crippen LogP contribution >= 0.6 is 0 Å². The Balaban J connectivity index is 2.40. The van der Waals surface area contributed by atoms with Gasteiger partial charge in [-0.3, -0.25) is 5.84 Å². The first-order valence-electron chi connectivity index (χ1n) is 7.21. The Morgan fingerprint density at radius 1 is 1.11 bits per heavy atom. The molecule has 0 aliphatic rings. The second kappa shape index (κ2) is 8.28. The first-order valence-corrected chi connectivity index (χ1v) is 7.21. The standard InChI is InChI=1S/C16H28N2/c1-4-14(3)13-18(17)12-11-15(5-2)16-9-7-6-8-10-16/h6-10,14-15H,4-5,11-13,17H2,1-3H3. The van der Waals surface area contributed by atoms with Crippen molar-refractivity contribution in [2.75, 3.05) is 13.1 Å². The molecule has 1 aromatic carbocycles. The summed E-state index contributed by atoms with van der Waals surface area (Å²) in [5.74, 6) is 7.38. The van der Waals surface area contributed by atoms with Gasteiger partial charge in [-0.05, 0) is 30.2 Å². The fourth-order valence-electron chi connectivity index (χ4n) is 2.27. The Bertz CT molecular complexity index is 310. The third-order valence-electron chi connectivity index (χ3n) is 3.77. The van der Waals surface area contributed by atoms with E-state index in [1.807, 2.05) is 5.01 Å². The molecule has 18 heavy (non-hydrogen) atoms. The molecular formula is C16H28N2. The van der Waals surface area contributed by atoms with Crippen molar-refractivity contribution in [1.29, 1.82) is 0 Å². The Morgan fingerprint density at radius 3 is 2.33 bits per heavy atom. The molecule has 1 aromatic rings. The number of rotatable bonds is 8. The summed E-state index contributed by atoms with van der Waals surface area (Å²) in [6, 6.07) is 10.8. The van der Waals surface area contributed by atoms with E-state index in [0.717, 1.165) is 19.5 Å². The van der Waals surface area contributed by atoms with Gasteiger partial charge in [0.05, 0.1) is 0 Å². The van der Waals surface area contributed by atoms with Crippen molar-refractivity contribution < 1.29 is 0 Å². The van der Waals surface area contributed by atoms with E-state index in [1.165, 1.54) is 18.4 Å². The fraction of sp³-hybridized carbons (Fsp3) is 0.625. The van der Waals surface area contributed by atoms with E-state index in [9.17, 15) is 0 Å². The molecule has 102 valence electrons. The molecule has 0 bridgehead atoms. The maximum Gasteiger partial charge on any atom is 0.0154 e. The lowest BCUT2D eigenvalue weighted by molar-refractivity contribution is 0.231. The molecule has 2 unspecified atom stereocenters. The van der Waals surface area contributed by atoms with Gasteiger partial charge < -0.3 is 0 Å². The highest BCUT2D eigenvalue weighted by Gasteiger charge is 2.11. The lowest BCUT2D eigenvalue weighted by atomic mass is 9.93. The smallest absolute Gasteiger partial charge is 0.0154 e. The molecule has 0 heterocycles. The minimum Gasteiger partial charge on any atom is -0.269 e. The average molecular weight is 248 g/mol. The van der Waals surface area contributed by atoms with Crippen LogP contribution < -0.4 is 5.84 Å². The zero-order chi connectivity index (χ0) is 13.4. The van der Waals surface area contributed by atoms with Crippen molar-refractivity contribution in [2.24, 2.45) is 11.8 Å². The second-order valence-corrected chi connectivity index (χ2v) is 5.31. The lowest BCUT2D eigenvalue weighted by Gasteiger charge is -2.23. The van der Waals surface area contributed by atoms with Crippen LogP contribution in [0.5, 0.6) is 0 Å². The molecule has 0 spiro atoms. The van der Waals surface area contributed by atoms with Crippen molar-refractivity contribution in [1.82, 2.24) is 5.01 Å². The van der Waals surface area contributed by atoms with Gasteiger partial charge in [0.1, 0.15) is 0 Å². The second-order valence-electron chi connectivity index (χ2n) is 5.31. The molecule has 0 amide bonds. The molecule has 2 heteroatoms. The summed E-state index contributed by atoms with van der Waals surface area (Å²) in [4.78, 5) is 0. The SMILES string of the molecule is CCC(C)CN(N)CCC(CC)c1ccccc1. The van der Waals surface area contributed by atoms with Crippen molar-refractivity contribution in [2.45, 2.75) is 46.0 Å². The predicted octanol–water partition coefficient (Wildman–Crippen LogP) is 3.79. The first-order chi connectivity index (χ1) is 8.67. The predicted molar refractivity (Wildman–Crippen MR) is 79.3 cm³/mol. The van der Waals surface area contributed by atoms with Crippen LogP contribution in [0.1, 0.15) is 51.5 Å². The highest BCUT2D eigenvalue weighted by Crippen LogP contribution is 2.22. The monoisotopic (exact) mass is 248 g/mol. The lowest BCUT2D eigenvalue weighted by Crippen LogP contribution is -2.36. The summed E-state index contributed by atoms with van der Waals surface area (Å²) < 4.78 is 0. The van der Waals surface area contributed by atoms with Gasteiger partial charge in [-0.15, -0.1) is 0 Å². The Hall–Kier alpha value is -0.860. The van der Waals surface area contributed by atoms with Gasteiger partial charge in [-0.2, -0.15) is 0 Å². The maximum absolute atomic E-state index is 6.06. The van der Waals surface area contributed by atoms with E-state index in [0.29, 0.717) is 11.8 Å². The Kier molecular flexibility index (Phi) is 6.99. The van der Waals surface area contributed by atoms with E-state index < -0.39 is 0 Å². The molecule has 1 rings (SSSR count). The van der Waals surface area contributed by atoms with Crippen molar-refractivity contribution in [3.63, 3.8) is 0 Å². The molecule has 0 fully saturated rings. The molecule has 0 saturated carbocycles. The van der Waals surface area contributed by atoms with Gasteiger partial charge in [0.15, 0.2) is 0 Å². The van der Waals surface area contributed by atoms with Crippen LogP contribution in [0.4, 0.5) is 0 Å². The van der Waals surface area contributed by atoms with Gasteiger partial charge in [-0.25, -0.2) is 5.01 Å². The number of nitrogens with zero attached hydrogens (tertiary/aromatic N) is 1. The summed E-state index contributed by atoms with van der Waals surface area (Å²) in [6.07, 6.45) is 3.53. The topological polar surface area (TPSA) is 29.3 Å². The molecule has 2 nitrogen and oxygen atoms in total. The van der Waals surface area contributed by atoms with E-state index in [1.54, 1.807) is 0 Å². The molecule has 2 N–H and O–H groups in total. The summed E-state index contributed by atoms with van der Waals surface area (Å²) in [7, 11) is 0. The summed E-state index contributed by atoms with van der Waals surface area (Å²) >= 11 is 0. The number of nitrogens with two attached hydrogens (primary N) is 1. The van der Waals surface area contributed by atoms with Gasteiger partial charge in [0.25, 0.3) is 0 Å². The molecule has 0 aliphatic carbocycles. The minimum atomic E-state index is 0.634. The zero-order valence-corrected chi connectivity index (χ0v) is 12.1. The summed E-state index contributed by atoms with van der Waals surface area (Å²) in [5, 5.41) is 1.99. The van der Waals surface area contributed by atoms with Gasteiger partial charge in [0.2, 0.25) is 0 Å². The molecule has 0 saturated heterocycles. The molecule has 0 aliphatic heterocycles. The highest BCUT2D eigenvalue weighted by molar-refractivity contribution is 5.19. The van der Waals surface area contributed by atoms with Crippen LogP contribution in [-0.4, -0.2) is 18.1 Å². The Labute approximate surface area is 112 Å². The third-order valence-corrected chi connectivity index (χ3v) is 3.77. The largest absolute Gasteiger partial charge is 0.269 e. The normalized spacial score (nSPS) is 14.7. The van der Waals surface area contributed by atoms with Gasteiger partial charge in [-0.1, -0.05) is 57.5 Å². The van der Waals surface area contributed by atoms with Crippen LogP contribution in [0.25, 0.3) is 0 Å². The first kappa shape index (κ1) is 15.2. The van der Waals surface area contributed by atoms with E-state index in [-0.39, 0.29) is 0 Å². The van der Waals surface area contributed by atoms with E-state index in [4.69, 9.17) is 5.84 Å². The quantitative estimate of drug-likeness (QED) is 0.560.